The molecule has 4 nitrogen and oxygen atoms in total. The number of carbonyl (C=O) groups excluding carboxylic acids is 2. The summed E-state index contributed by atoms with van der Waals surface area (Å²) in [6.45, 7) is 0. The monoisotopic (exact) mass is 344 g/mol. The molecule has 0 radical (unpaired) electrons. The molecule has 0 heterocycles. The maximum Gasteiger partial charge on any atom is 0.303 e. The summed E-state index contributed by atoms with van der Waals surface area (Å²) in [7, 11) is 0. The zero-order chi connectivity index (χ0) is 18.1. The van der Waals surface area contributed by atoms with Gasteiger partial charge in [-0.1, -0.05) is 49.6 Å². The predicted molar refractivity (Wildman–Crippen MR) is 96.6 cm³/mol. The summed E-state index contributed by atoms with van der Waals surface area (Å²) >= 11 is 0. The normalized spacial score (nSPS) is 19.9. The van der Waals surface area contributed by atoms with Crippen molar-refractivity contribution < 1.29 is 19.5 Å². The van der Waals surface area contributed by atoms with Crippen molar-refractivity contribution in [3.8, 4) is 0 Å². The first-order chi connectivity index (χ1) is 12.1. The topological polar surface area (TPSA) is 71.4 Å². The van der Waals surface area contributed by atoms with E-state index in [1.807, 2.05) is 30.3 Å². The average molecular weight is 344 g/mol. The second-order valence-corrected chi connectivity index (χ2v) is 7.05. The lowest BCUT2D eigenvalue weighted by Crippen LogP contribution is -2.16. The van der Waals surface area contributed by atoms with Gasteiger partial charge in [0.2, 0.25) is 0 Å². The molecule has 1 fully saturated rings. The first-order valence-electron chi connectivity index (χ1n) is 9.40. The van der Waals surface area contributed by atoms with Crippen molar-refractivity contribution in [3.05, 3.63) is 35.9 Å². The van der Waals surface area contributed by atoms with Crippen LogP contribution < -0.4 is 0 Å². The lowest BCUT2D eigenvalue weighted by atomic mass is 9.86. The van der Waals surface area contributed by atoms with E-state index in [1.165, 1.54) is 0 Å². The summed E-state index contributed by atoms with van der Waals surface area (Å²) in [5, 5.41) is 8.63. The van der Waals surface area contributed by atoms with Crippen molar-refractivity contribution in [1.29, 1.82) is 0 Å². The zero-order valence-corrected chi connectivity index (χ0v) is 14.8. The van der Waals surface area contributed by atoms with Crippen LogP contribution in [0, 0.1) is 11.8 Å². The third-order valence-corrected chi connectivity index (χ3v) is 5.24. The number of rotatable bonds is 11. The van der Waals surface area contributed by atoms with Crippen LogP contribution in [0.3, 0.4) is 0 Å². The smallest absolute Gasteiger partial charge is 0.303 e. The van der Waals surface area contributed by atoms with Gasteiger partial charge in [0.05, 0.1) is 0 Å². The first-order valence-corrected chi connectivity index (χ1v) is 9.40. The molecule has 2 atom stereocenters. The number of carboxylic acid groups (broad SMARTS) is 1. The number of benzene rings is 1. The van der Waals surface area contributed by atoms with Gasteiger partial charge >= 0.3 is 5.97 Å². The summed E-state index contributed by atoms with van der Waals surface area (Å²) in [6, 6.07) is 9.34. The van der Waals surface area contributed by atoms with Crippen molar-refractivity contribution in [2.75, 3.05) is 0 Å². The van der Waals surface area contributed by atoms with Gasteiger partial charge in [0, 0.05) is 30.7 Å². The molecule has 0 spiro atoms. The molecule has 0 bridgehead atoms. The Kier molecular flexibility index (Phi) is 7.83. The Morgan fingerprint density at radius 2 is 1.68 bits per heavy atom. The summed E-state index contributed by atoms with van der Waals surface area (Å²) in [5.41, 5.74) is 0.752. The summed E-state index contributed by atoms with van der Waals surface area (Å²) in [6.07, 6.45) is 7.54. The molecule has 2 unspecified atom stereocenters. The molecule has 0 amide bonds. The first kappa shape index (κ1) is 19.4. The van der Waals surface area contributed by atoms with E-state index in [2.05, 4.69) is 0 Å². The van der Waals surface area contributed by atoms with Gasteiger partial charge in [0.25, 0.3) is 0 Å². The molecule has 1 aromatic rings. The Bertz CT molecular complexity index is 579. The van der Waals surface area contributed by atoms with Gasteiger partial charge < -0.3 is 5.11 Å². The number of carboxylic acids is 1. The van der Waals surface area contributed by atoms with Crippen LogP contribution in [0.15, 0.2) is 30.3 Å². The van der Waals surface area contributed by atoms with Gasteiger partial charge in [-0.3, -0.25) is 14.4 Å². The van der Waals surface area contributed by atoms with Crippen LogP contribution in [-0.4, -0.2) is 22.6 Å². The fourth-order valence-corrected chi connectivity index (χ4v) is 3.80. The zero-order valence-electron chi connectivity index (χ0n) is 14.8. The molecule has 0 saturated heterocycles. The fraction of sp³-hybridized carbons (Fsp3) is 0.571. The Balaban J connectivity index is 1.71. The van der Waals surface area contributed by atoms with E-state index >= 15 is 0 Å². The minimum Gasteiger partial charge on any atom is -0.481 e. The van der Waals surface area contributed by atoms with Crippen molar-refractivity contribution in [3.63, 3.8) is 0 Å². The van der Waals surface area contributed by atoms with Crippen LogP contribution >= 0.6 is 0 Å². The molecule has 136 valence electrons. The second-order valence-electron chi connectivity index (χ2n) is 7.05. The van der Waals surface area contributed by atoms with Gasteiger partial charge in [0.1, 0.15) is 5.78 Å². The lowest BCUT2D eigenvalue weighted by molar-refractivity contribution is -0.137. The molecule has 25 heavy (non-hydrogen) atoms. The van der Waals surface area contributed by atoms with Crippen LogP contribution in [0.1, 0.15) is 74.6 Å². The molecule has 0 aliphatic heterocycles. The minimum absolute atomic E-state index is 0.100. The van der Waals surface area contributed by atoms with Crippen LogP contribution in [0.4, 0.5) is 0 Å². The van der Waals surface area contributed by atoms with E-state index < -0.39 is 5.97 Å². The Labute approximate surface area is 149 Å². The average Bonchev–Trinajstić information content (AvgIpc) is 2.96. The molecule has 1 aliphatic carbocycles. The number of hydrogen-bond donors (Lipinski definition) is 1. The molecule has 1 aromatic carbocycles. The number of hydrogen-bond acceptors (Lipinski definition) is 3. The number of carbonyl (C=O) groups is 3. The fourth-order valence-electron chi connectivity index (χ4n) is 3.80. The SMILES string of the molecule is O=C(O)CCCCCCC1C(=O)CCC1CCC(=O)c1ccccc1. The third-order valence-electron chi connectivity index (χ3n) is 5.24. The molecule has 1 saturated carbocycles. The van der Waals surface area contributed by atoms with Gasteiger partial charge in [0.15, 0.2) is 5.78 Å². The lowest BCUT2D eigenvalue weighted by Gasteiger charge is -2.18. The highest BCUT2D eigenvalue weighted by Gasteiger charge is 2.33. The van der Waals surface area contributed by atoms with E-state index in [1.54, 1.807) is 0 Å². The van der Waals surface area contributed by atoms with Crippen LogP contribution in [0.5, 0.6) is 0 Å². The number of Topliss-reactive ketones (excluding diaryl/α,β-unsaturated/α-hetero) is 2. The van der Waals surface area contributed by atoms with E-state index in [0.717, 1.165) is 44.1 Å². The van der Waals surface area contributed by atoms with Gasteiger partial charge in [-0.25, -0.2) is 0 Å². The number of unbranched alkanes of at least 4 members (excludes halogenated alkanes) is 3. The van der Waals surface area contributed by atoms with E-state index in [9.17, 15) is 14.4 Å². The summed E-state index contributed by atoms with van der Waals surface area (Å²) in [4.78, 5) is 34.9. The van der Waals surface area contributed by atoms with Gasteiger partial charge in [-0.15, -0.1) is 0 Å². The Morgan fingerprint density at radius 1 is 0.960 bits per heavy atom. The highest BCUT2D eigenvalue weighted by atomic mass is 16.4. The quantitative estimate of drug-likeness (QED) is 0.468. The van der Waals surface area contributed by atoms with E-state index in [4.69, 9.17) is 5.11 Å². The van der Waals surface area contributed by atoms with Crippen molar-refractivity contribution in [2.24, 2.45) is 11.8 Å². The maximum atomic E-state index is 12.2. The summed E-state index contributed by atoms with van der Waals surface area (Å²) < 4.78 is 0. The molecular weight excluding hydrogens is 316 g/mol. The predicted octanol–water partition coefficient (Wildman–Crippen LogP) is 4.67. The van der Waals surface area contributed by atoms with Gasteiger partial charge in [-0.05, 0) is 31.6 Å². The number of aliphatic carboxylic acids is 1. The molecule has 4 heteroatoms. The summed E-state index contributed by atoms with van der Waals surface area (Å²) in [5.74, 6) is 0.200. The largest absolute Gasteiger partial charge is 0.481 e. The number of ketones is 2. The Hall–Kier alpha value is -1.97. The third kappa shape index (κ3) is 6.45. The van der Waals surface area contributed by atoms with Crippen LogP contribution in [0.25, 0.3) is 0 Å². The highest BCUT2D eigenvalue weighted by molar-refractivity contribution is 5.96. The van der Waals surface area contributed by atoms with Crippen LogP contribution in [0.2, 0.25) is 0 Å². The highest BCUT2D eigenvalue weighted by Crippen LogP contribution is 2.36. The van der Waals surface area contributed by atoms with Crippen molar-refractivity contribution in [2.45, 2.75) is 64.2 Å². The molecule has 2 rings (SSSR count). The molecule has 1 aliphatic rings. The van der Waals surface area contributed by atoms with Crippen molar-refractivity contribution >= 4 is 17.5 Å². The van der Waals surface area contributed by atoms with E-state index in [0.29, 0.717) is 31.0 Å². The Morgan fingerprint density at radius 3 is 2.40 bits per heavy atom. The van der Waals surface area contributed by atoms with Gasteiger partial charge in [-0.2, -0.15) is 0 Å². The molecule has 0 aromatic heterocycles. The molecule has 1 N–H and O–H groups in total. The molecular formula is C21H28O4. The van der Waals surface area contributed by atoms with Crippen LogP contribution in [-0.2, 0) is 9.59 Å². The second kappa shape index (κ2) is 10.1. The van der Waals surface area contributed by atoms with Crippen molar-refractivity contribution in [1.82, 2.24) is 0 Å². The maximum absolute atomic E-state index is 12.2. The standard InChI is InChI=1S/C21H28O4/c22-19(17-8-4-3-5-9-17)14-12-16-13-15-20(23)18(16)10-6-1-2-7-11-21(24)25/h3-5,8-9,16,18H,1-2,6-7,10-15H2,(H,24,25). The van der Waals surface area contributed by atoms with E-state index in [-0.39, 0.29) is 18.1 Å². The minimum atomic E-state index is -0.742.